The molecule has 2 aliphatic heterocycles. The number of ether oxygens (including phenoxy) is 2. The minimum absolute atomic E-state index is 0.134. The van der Waals surface area contributed by atoms with Crippen molar-refractivity contribution in [1.82, 2.24) is 9.80 Å². The van der Waals surface area contributed by atoms with Crippen molar-refractivity contribution in [2.45, 2.75) is 31.8 Å². The largest absolute Gasteiger partial charge is 0.508 e. The van der Waals surface area contributed by atoms with Gasteiger partial charge in [-0.1, -0.05) is 24.3 Å². The van der Waals surface area contributed by atoms with Gasteiger partial charge in [0.25, 0.3) is 0 Å². The number of piperazine rings is 1. The Morgan fingerprint density at radius 1 is 1.03 bits per heavy atom. The zero-order valence-corrected chi connectivity index (χ0v) is 20.4. The van der Waals surface area contributed by atoms with Gasteiger partial charge in [-0.25, -0.2) is 0 Å². The van der Waals surface area contributed by atoms with Gasteiger partial charge in [-0.05, 0) is 55.1 Å². The Labute approximate surface area is 202 Å². The van der Waals surface area contributed by atoms with Crippen molar-refractivity contribution < 1.29 is 19.4 Å². The van der Waals surface area contributed by atoms with Gasteiger partial charge in [0.15, 0.2) is 0 Å². The molecule has 2 atom stereocenters. The number of phenols is 1. The third-order valence-corrected chi connectivity index (χ3v) is 7.25. The number of esters is 1. The van der Waals surface area contributed by atoms with Gasteiger partial charge in [0, 0.05) is 51.7 Å². The molecule has 2 saturated heterocycles. The Hall–Kier alpha value is -2.77. The van der Waals surface area contributed by atoms with Crippen LogP contribution in [0.2, 0.25) is 0 Å². The lowest BCUT2D eigenvalue weighted by molar-refractivity contribution is -0.141. The fourth-order valence-electron chi connectivity index (χ4n) is 5.51. The van der Waals surface area contributed by atoms with Gasteiger partial charge in [-0.15, -0.1) is 0 Å². The number of piperidine rings is 1. The summed E-state index contributed by atoms with van der Waals surface area (Å²) in [6, 6.07) is 16.2. The van der Waals surface area contributed by atoms with Gasteiger partial charge in [-0.3, -0.25) is 14.6 Å². The summed E-state index contributed by atoms with van der Waals surface area (Å²) in [6.45, 7) is 6.72. The average Bonchev–Trinajstić information content (AvgIpc) is 2.87. The summed E-state index contributed by atoms with van der Waals surface area (Å²) in [4.78, 5) is 19.4. The Bertz CT molecular complexity index is 945. The Balaban J connectivity index is 1.40. The van der Waals surface area contributed by atoms with Crippen molar-refractivity contribution in [3.63, 3.8) is 0 Å². The molecule has 7 heteroatoms. The van der Waals surface area contributed by atoms with Crippen LogP contribution in [0.5, 0.6) is 11.5 Å². The van der Waals surface area contributed by atoms with Gasteiger partial charge < -0.3 is 19.5 Å². The molecule has 4 rings (SSSR count). The number of benzene rings is 2. The Morgan fingerprint density at radius 3 is 2.56 bits per heavy atom. The van der Waals surface area contributed by atoms with Crippen molar-refractivity contribution in [2.24, 2.45) is 5.92 Å². The van der Waals surface area contributed by atoms with E-state index < -0.39 is 0 Å². The van der Waals surface area contributed by atoms with E-state index in [9.17, 15) is 9.90 Å². The SMILES string of the molecule is COC(=O)CC[C@@H]1CN(Cc2cccc(O)c2)CC[C@@H]1N1CCN(c2ccccc2OC)CC1. The molecule has 0 amide bonds. The monoisotopic (exact) mass is 467 g/mol. The van der Waals surface area contributed by atoms with Crippen LogP contribution in [0.3, 0.4) is 0 Å². The first kappa shape index (κ1) is 24.4. The van der Waals surface area contributed by atoms with E-state index in [4.69, 9.17) is 9.47 Å². The van der Waals surface area contributed by atoms with E-state index in [0.717, 1.165) is 75.7 Å². The van der Waals surface area contributed by atoms with Crippen LogP contribution in [0.1, 0.15) is 24.8 Å². The number of hydrogen-bond acceptors (Lipinski definition) is 7. The predicted molar refractivity (Wildman–Crippen MR) is 133 cm³/mol. The molecular weight excluding hydrogens is 430 g/mol. The molecule has 0 saturated carbocycles. The maximum absolute atomic E-state index is 11.9. The second-order valence-electron chi connectivity index (χ2n) is 9.33. The molecule has 34 heavy (non-hydrogen) atoms. The standard InChI is InChI=1S/C27H37N3O4/c1-33-26-9-4-3-8-25(26)30-16-14-29(15-17-30)24-12-13-28(19-21-6-5-7-23(31)18-21)20-22(24)10-11-27(32)34-2/h3-9,18,22,24,31H,10-17,19-20H2,1-2H3/t22-,24+/m1/s1. The van der Waals surface area contributed by atoms with Gasteiger partial charge in [0.05, 0.1) is 19.9 Å². The molecule has 0 aliphatic carbocycles. The number of aromatic hydroxyl groups is 1. The maximum Gasteiger partial charge on any atom is 0.305 e. The number of hydrogen-bond donors (Lipinski definition) is 1. The molecule has 0 bridgehead atoms. The molecule has 2 heterocycles. The first-order valence-electron chi connectivity index (χ1n) is 12.3. The molecule has 2 fully saturated rings. The molecule has 2 aromatic carbocycles. The number of phenolic OH excluding ortho intramolecular Hbond substituents is 1. The van der Waals surface area contributed by atoms with E-state index in [2.05, 4.69) is 32.9 Å². The number of anilines is 1. The van der Waals surface area contributed by atoms with Crippen molar-refractivity contribution in [3.05, 3.63) is 54.1 Å². The first-order chi connectivity index (χ1) is 16.6. The molecule has 1 N–H and O–H groups in total. The van der Waals surface area contributed by atoms with E-state index in [1.807, 2.05) is 24.3 Å². The summed E-state index contributed by atoms with van der Waals surface area (Å²) < 4.78 is 10.5. The van der Waals surface area contributed by atoms with Gasteiger partial charge in [0.2, 0.25) is 0 Å². The number of likely N-dealkylation sites (tertiary alicyclic amines) is 1. The second kappa shape index (κ2) is 11.6. The highest BCUT2D eigenvalue weighted by molar-refractivity contribution is 5.69. The van der Waals surface area contributed by atoms with Crippen LogP contribution in [0, 0.1) is 5.92 Å². The van der Waals surface area contributed by atoms with Crippen LogP contribution in [0.4, 0.5) is 5.69 Å². The van der Waals surface area contributed by atoms with E-state index >= 15 is 0 Å². The van der Waals surface area contributed by atoms with Crippen molar-refractivity contribution in [2.75, 3.05) is 58.4 Å². The van der Waals surface area contributed by atoms with Crippen LogP contribution in [-0.2, 0) is 16.1 Å². The van der Waals surface area contributed by atoms with Crippen LogP contribution < -0.4 is 9.64 Å². The fraction of sp³-hybridized carbons (Fsp3) is 0.519. The maximum atomic E-state index is 11.9. The van der Waals surface area contributed by atoms with E-state index in [1.54, 1.807) is 13.2 Å². The number of methoxy groups -OCH3 is 2. The van der Waals surface area contributed by atoms with Crippen LogP contribution in [0.15, 0.2) is 48.5 Å². The summed E-state index contributed by atoms with van der Waals surface area (Å²) in [5.74, 6) is 1.50. The highest BCUT2D eigenvalue weighted by Crippen LogP contribution is 2.32. The lowest BCUT2D eigenvalue weighted by atomic mass is 9.86. The highest BCUT2D eigenvalue weighted by atomic mass is 16.5. The van der Waals surface area contributed by atoms with Gasteiger partial charge >= 0.3 is 5.97 Å². The van der Waals surface area contributed by atoms with Gasteiger partial charge in [-0.2, -0.15) is 0 Å². The summed E-state index contributed by atoms with van der Waals surface area (Å²) in [6.07, 6.45) is 2.37. The fourth-order valence-corrected chi connectivity index (χ4v) is 5.51. The van der Waals surface area contributed by atoms with Crippen molar-refractivity contribution >= 4 is 11.7 Å². The number of rotatable bonds is 8. The summed E-state index contributed by atoms with van der Waals surface area (Å²) in [5.41, 5.74) is 2.28. The van der Waals surface area contributed by atoms with E-state index in [1.165, 1.54) is 7.11 Å². The molecule has 0 unspecified atom stereocenters. The third-order valence-electron chi connectivity index (χ3n) is 7.25. The molecule has 0 aromatic heterocycles. The van der Waals surface area contributed by atoms with Crippen LogP contribution >= 0.6 is 0 Å². The lowest BCUT2D eigenvalue weighted by Crippen LogP contribution is -2.56. The quantitative estimate of drug-likeness (QED) is 0.597. The van der Waals surface area contributed by atoms with Crippen molar-refractivity contribution in [1.29, 1.82) is 0 Å². The summed E-state index contributed by atoms with van der Waals surface area (Å²) in [7, 11) is 3.19. The Morgan fingerprint density at radius 2 is 1.82 bits per heavy atom. The third kappa shape index (κ3) is 6.02. The van der Waals surface area contributed by atoms with Crippen LogP contribution in [0.25, 0.3) is 0 Å². The van der Waals surface area contributed by atoms with Gasteiger partial charge in [0.1, 0.15) is 11.5 Å². The number of para-hydroxylation sites is 2. The molecule has 184 valence electrons. The minimum Gasteiger partial charge on any atom is -0.508 e. The van der Waals surface area contributed by atoms with E-state index in [-0.39, 0.29) is 5.97 Å². The number of nitrogens with zero attached hydrogens (tertiary/aromatic N) is 3. The molecule has 0 spiro atoms. The minimum atomic E-state index is -0.134. The topological polar surface area (TPSA) is 65.5 Å². The summed E-state index contributed by atoms with van der Waals surface area (Å²) in [5, 5.41) is 9.83. The van der Waals surface area contributed by atoms with E-state index in [0.29, 0.717) is 24.1 Å². The number of carbonyl (C=O) groups is 1. The zero-order valence-electron chi connectivity index (χ0n) is 20.4. The number of carbonyl (C=O) groups excluding carboxylic acids is 1. The van der Waals surface area contributed by atoms with Crippen LogP contribution in [-0.4, -0.2) is 80.4 Å². The molecular formula is C27H37N3O4. The smallest absolute Gasteiger partial charge is 0.305 e. The molecule has 7 nitrogen and oxygen atoms in total. The Kier molecular flexibility index (Phi) is 8.29. The molecule has 2 aliphatic rings. The molecule has 2 aromatic rings. The predicted octanol–water partition coefficient (Wildman–Crippen LogP) is 3.37. The average molecular weight is 468 g/mol. The highest BCUT2D eigenvalue weighted by Gasteiger charge is 2.35. The zero-order chi connectivity index (χ0) is 23.9. The normalized spacial score (nSPS) is 21.9. The second-order valence-corrected chi connectivity index (χ2v) is 9.33. The molecule has 0 radical (unpaired) electrons. The summed E-state index contributed by atoms with van der Waals surface area (Å²) >= 11 is 0. The first-order valence-corrected chi connectivity index (χ1v) is 12.3. The lowest BCUT2D eigenvalue weighted by Gasteiger charge is -2.47. The van der Waals surface area contributed by atoms with Crippen molar-refractivity contribution in [3.8, 4) is 11.5 Å².